The lowest BCUT2D eigenvalue weighted by Gasteiger charge is -1.97. The van der Waals surface area contributed by atoms with Gasteiger partial charge in [0.1, 0.15) is 11.5 Å². The molecule has 13 heavy (non-hydrogen) atoms. The lowest BCUT2D eigenvalue weighted by Crippen LogP contribution is -1.98. The summed E-state index contributed by atoms with van der Waals surface area (Å²) in [6.45, 7) is 2.01. The summed E-state index contributed by atoms with van der Waals surface area (Å²) in [6, 6.07) is 1.85. The van der Waals surface area contributed by atoms with E-state index in [4.69, 9.17) is 4.42 Å². The minimum Gasteiger partial charge on any atom is -0.468 e. The number of halogens is 1. The molecule has 3 heteroatoms. The highest BCUT2D eigenvalue weighted by Crippen LogP contribution is 2.19. The van der Waals surface area contributed by atoms with Gasteiger partial charge in [-0.25, -0.2) is 0 Å². The Balaban J connectivity index is 2.35. The van der Waals surface area contributed by atoms with Gasteiger partial charge >= 0.3 is 0 Å². The maximum atomic E-state index is 11.2. The molecule has 0 saturated carbocycles. The van der Waals surface area contributed by atoms with Gasteiger partial charge in [-0.15, -0.1) is 0 Å². The van der Waals surface area contributed by atoms with Crippen molar-refractivity contribution in [1.29, 1.82) is 0 Å². The molecule has 0 spiro atoms. The van der Waals surface area contributed by atoms with Crippen LogP contribution in [0.5, 0.6) is 0 Å². The smallest absolute Gasteiger partial charge is 0.133 e. The van der Waals surface area contributed by atoms with Crippen LogP contribution in [0.1, 0.15) is 31.9 Å². The molecule has 0 amide bonds. The van der Waals surface area contributed by atoms with Crippen molar-refractivity contribution in [3.05, 3.63) is 22.6 Å². The number of Topliss-reactive ketones (excluding diaryl/α,β-unsaturated/α-hetero) is 1. The van der Waals surface area contributed by atoms with Crippen LogP contribution in [0, 0.1) is 0 Å². The first kappa shape index (κ1) is 10.5. The van der Waals surface area contributed by atoms with E-state index in [0.717, 1.165) is 16.7 Å². The van der Waals surface area contributed by atoms with Crippen LogP contribution in [0.25, 0.3) is 0 Å². The van der Waals surface area contributed by atoms with Gasteiger partial charge in [-0.1, -0.05) is 6.92 Å². The molecule has 0 unspecified atom stereocenters. The maximum absolute atomic E-state index is 11.2. The summed E-state index contributed by atoms with van der Waals surface area (Å²) in [5, 5.41) is 0. The van der Waals surface area contributed by atoms with Crippen LogP contribution in [0.2, 0.25) is 0 Å². The number of hydrogen-bond acceptors (Lipinski definition) is 2. The molecule has 0 aromatic carbocycles. The molecule has 0 aliphatic heterocycles. The lowest BCUT2D eigenvalue weighted by atomic mass is 10.1. The van der Waals surface area contributed by atoms with Gasteiger partial charge < -0.3 is 4.42 Å². The van der Waals surface area contributed by atoms with E-state index < -0.39 is 0 Å². The average Bonchev–Trinajstić information content (AvgIpc) is 2.48. The molecule has 0 aliphatic carbocycles. The molecule has 0 atom stereocenters. The highest BCUT2D eigenvalue weighted by molar-refractivity contribution is 9.10. The lowest BCUT2D eigenvalue weighted by molar-refractivity contribution is -0.119. The van der Waals surface area contributed by atoms with Gasteiger partial charge in [0.2, 0.25) is 0 Å². The summed E-state index contributed by atoms with van der Waals surface area (Å²) in [5.41, 5.74) is 0. The van der Waals surface area contributed by atoms with Crippen LogP contribution < -0.4 is 0 Å². The molecular formula is C10H13BrO2. The van der Waals surface area contributed by atoms with E-state index in [9.17, 15) is 4.79 Å². The minimum atomic E-state index is 0.311. The molecule has 72 valence electrons. The maximum Gasteiger partial charge on any atom is 0.133 e. The van der Waals surface area contributed by atoms with Crippen LogP contribution in [0.3, 0.4) is 0 Å². The van der Waals surface area contributed by atoms with Gasteiger partial charge in [0.25, 0.3) is 0 Å². The Morgan fingerprint density at radius 1 is 1.54 bits per heavy atom. The van der Waals surface area contributed by atoms with Crippen molar-refractivity contribution < 1.29 is 9.21 Å². The summed E-state index contributed by atoms with van der Waals surface area (Å²) in [4.78, 5) is 11.2. The zero-order valence-electron chi connectivity index (χ0n) is 7.68. The fourth-order valence-corrected chi connectivity index (χ4v) is 1.56. The Kier molecular flexibility index (Phi) is 4.22. The number of rotatable bonds is 5. The van der Waals surface area contributed by atoms with Crippen LogP contribution in [0.15, 0.2) is 21.2 Å². The topological polar surface area (TPSA) is 30.2 Å². The average molecular weight is 245 g/mol. The van der Waals surface area contributed by atoms with Crippen molar-refractivity contribution in [1.82, 2.24) is 0 Å². The van der Waals surface area contributed by atoms with Crippen molar-refractivity contribution in [2.24, 2.45) is 0 Å². The molecule has 2 nitrogen and oxygen atoms in total. The number of hydrogen-bond donors (Lipinski definition) is 0. The van der Waals surface area contributed by atoms with Gasteiger partial charge in [-0.2, -0.15) is 0 Å². The first-order valence-corrected chi connectivity index (χ1v) is 5.27. The summed E-state index contributed by atoms with van der Waals surface area (Å²) in [7, 11) is 0. The highest BCUT2D eigenvalue weighted by atomic mass is 79.9. The van der Waals surface area contributed by atoms with E-state index in [1.54, 1.807) is 6.26 Å². The fourth-order valence-electron chi connectivity index (χ4n) is 1.16. The summed E-state index contributed by atoms with van der Waals surface area (Å²) in [6.07, 6.45) is 4.52. The van der Waals surface area contributed by atoms with Crippen molar-refractivity contribution in [3.63, 3.8) is 0 Å². The SMILES string of the molecule is CCCC(=O)CCc1occc1Br. The standard InChI is InChI=1S/C10H13BrO2/c1-2-3-8(12)4-5-10-9(11)6-7-13-10/h6-7H,2-5H2,1H3. The van der Waals surface area contributed by atoms with Crippen LogP contribution >= 0.6 is 15.9 Å². The van der Waals surface area contributed by atoms with Gasteiger partial charge in [-0.05, 0) is 28.4 Å². The number of carbonyl (C=O) groups is 1. The molecule has 0 fully saturated rings. The monoisotopic (exact) mass is 244 g/mol. The van der Waals surface area contributed by atoms with Gasteiger partial charge in [0.05, 0.1) is 10.7 Å². The highest BCUT2D eigenvalue weighted by Gasteiger charge is 2.06. The third-order valence-corrected chi connectivity index (χ3v) is 2.56. The molecule has 0 radical (unpaired) electrons. The van der Waals surface area contributed by atoms with E-state index in [1.165, 1.54) is 0 Å². The first-order valence-electron chi connectivity index (χ1n) is 4.47. The molecule has 0 saturated heterocycles. The minimum absolute atomic E-state index is 0.311. The normalized spacial score (nSPS) is 10.3. The number of ketones is 1. The van der Waals surface area contributed by atoms with Crippen molar-refractivity contribution in [2.75, 3.05) is 0 Å². The largest absolute Gasteiger partial charge is 0.468 e. The van der Waals surface area contributed by atoms with Crippen molar-refractivity contribution in [2.45, 2.75) is 32.6 Å². The fraction of sp³-hybridized carbons (Fsp3) is 0.500. The predicted octanol–water partition coefficient (Wildman–Crippen LogP) is 3.34. The van der Waals surface area contributed by atoms with Crippen LogP contribution in [-0.2, 0) is 11.2 Å². The number of aryl methyl sites for hydroxylation is 1. The predicted molar refractivity (Wildman–Crippen MR) is 54.6 cm³/mol. The van der Waals surface area contributed by atoms with Crippen molar-refractivity contribution in [3.8, 4) is 0 Å². The third-order valence-electron chi connectivity index (χ3n) is 1.85. The Labute approximate surface area is 86.4 Å². The van der Waals surface area contributed by atoms with Crippen LogP contribution in [-0.4, -0.2) is 5.78 Å². The van der Waals surface area contributed by atoms with E-state index in [0.29, 0.717) is 25.0 Å². The Hall–Kier alpha value is -0.570. The van der Waals surface area contributed by atoms with E-state index in [1.807, 2.05) is 13.0 Å². The molecule has 0 N–H and O–H groups in total. The molecule has 0 aliphatic rings. The second kappa shape index (κ2) is 5.22. The Bertz CT molecular complexity index is 278. The number of carbonyl (C=O) groups excluding carboxylic acids is 1. The summed E-state index contributed by atoms with van der Waals surface area (Å²) in [5.74, 6) is 1.18. The van der Waals surface area contributed by atoms with Crippen LogP contribution in [0.4, 0.5) is 0 Å². The number of furan rings is 1. The molecule has 1 aromatic heterocycles. The van der Waals surface area contributed by atoms with E-state index >= 15 is 0 Å². The van der Waals surface area contributed by atoms with Gasteiger partial charge in [-0.3, -0.25) is 4.79 Å². The van der Waals surface area contributed by atoms with Crippen molar-refractivity contribution >= 4 is 21.7 Å². The quantitative estimate of drug-likeness (QED) is 0.796. The van der Waals surface area contributed by atoms with E-state index in [2.05, 4.69) is 15.9 Å². The Morgan fingerprint density at radius 2 is 2.31 bits per heavy atom. The third kappa shape index (κ3) is 3.35. The zero-order valence-corrected chi connectivity index (χ0v) is 9.26. The van der Waals surface area contributed by atoms with E-state index in [-0.39, 0.29) is 0 Å². The molecule has 1 aromatic rings. The Morgan fingerprint density at radius 3 is 2.85 bits per heavy atom. The molecule has 1 heterocycles. The molecule has 0 bridgehead atoms. The van der Waals surface area contributed by atoms with Gasteiger partial charge in [0, 0.05) is 19.3 Å². The molecular weight excluding hydrogens is 232 g/mol. The first-order chi connectivity index (χ1) is 6.24. The van der Waals surface area contributed by atoms with Gasteiger partial charge in [0.15, 0.2) is 0 Å². The summed E-state index contributed by atoms with van der Waals surface area (Å²) < 4.78 is 6.15. The second-order valence-corrected chi connectivity index (χ2v) is 3.83. The summed E-state index contributed by atoms with van der Waals surface area (Å²) >= 11 is 3.35. The second-order valence-electron chi connectivity index (χ2n) is 2.98. The molecule has 1 rings (SSSR count). The zero-order chi connectivity index (χ0) is 9.68.